The summed E-state index contributed by atoms with van der Waals surface area (Å²) >= 11 is 2.05. The highest BCUT2D eigenvalue weighted by Crippen LogP contribution is 2.25. The molecule has 0 amide bonds. The Bertz CT molecular complexity index is 519. The molecule has 1 aromatic heterocycles. The molecule has 1 aromatic rings. The second kappa shape index (κ2) is 12.7. The van der Waals surface area contributed by atoms with E-state index in [2.05, 4.69) is 25.8 Å². The standard InChI is InChI=1S/C16H30N6OS.HI/c1-4-23-9-6-8-17-16(18-11-14-7-5-10-24-14)19-12-15-21-20-13(2)22(15)3;/h14H,4-12H2,1-3H3,(H2,17,18,19);1H. The third kappa shape index (κ3) is 8.12. The summed E-state index contributed by atoms with van der Waals surface area (Å²) in [6.45, 7) is 7.84. The predicted octanol–water partition coefficient (Wildman–Crippen LogP) is 2.10. The summed E-state index contributed by atoms with van der Waals surface area (Å²) in [5, 5.41) is 15.8. The molecule has 0 spiro atoms. The number of hydrogen-bond donors (Lipinski definition) is 2. The van der Waals surface area contributed by atoms with E-state index in [4.69, 9.17) is 4.74 Å². The molecule has 1 saturated heterocycles. The number of hydrogen-bond acceptors (Lipinski definition) is 5. The molecular weight excluding hydrogens is 451 g/mol. The Morgan fingerprint density at radius 1 is 1.40 bits per heavy atom. The molecule has 7 nitrogen and oxygen atoms in total. The SMILES string of the molecule is CCOCCCNC(=NCc1nnc(C)n1C)NCC1CCCS1.I. The summed E-state index contributed by atoms with van der Waals surface area (Å²) in [4.78, 5) is 4.67. The van der Waals surface area contributed by atoms with E-state index in [0.29, 0.717) is 11.8 Å². The minimum absolute atomic E-state index is 0. The zero-order valence-electron chi connectivity index (χ0n) is 15.5. The second-order valence-corrected chi connectivity index (χ2v) is 7.29. The van der Waals surface area contributed by atoms with Crippen LogP contribution in [0.1, 0.15) is 37.8 Å². The molecule has 1 aliphatic heterocycles. The minimum atomic E-state index is 0. The number of aryl methyl sites for hydroxylation is 1. The number of ether oxygens (including phenoxy) is 1. The number of halogens is 1. The molecule has 0 radical (unpaired) electrons. The number of aliphatic imine (C=N–C) groups is 1. The number of aromatic nitrogens is 3. The molecule has 2 rings (SSSR count). The van der Waals surface area contributed by atoms with E-state index in [1.165, 1.54) is 18.6 Å². The summed E-state index contributed by atoms with van der Waals surface area (Å²) in [5.74, 6) is 3.90. The van der Waals surface area contributed by atoms with Crippen molar-refractivity contribution in [3.8, 4) is 0 Å². The molecule has 144 valence electrons. The van der Waals surface area contributed by atoms with E-state index in [1.807, 2.05) is 37.2 Å². The van der Waals surface area contributed by atoms with Gasteiger partial charge in [-0.2, -0.15) is 11.8 Å². The van der Waals surface area contributed by atoms with Gasteiger partial charge in [0.25, 0.3) is 0 Å². The quantitative estimate of drug-likeness (QED) is 0.243. The summed E-state index contributed by atoms with van der Waals surface area (Å²) in [7, 11) is 1.97. The normalized spacial score (nSPS) is 17.4. The topological polar surface area (TPSA) is 76.4 Å². The van der Waals surface area contributed by atoms with Gasteiger partial charge in [-0.05, 0) is 38.9 Å². The van der Waals surface area contributed by atoms with Crippen LogP contribution in [0.25, 0.3) is 0 Å². The molecule has 1 atom stereocenters. The van der Waals surface area contributed by atoms with Crippen LogP contribution in [0.3, 0.4) is 0 Å². The van der Waals surface area contributed by atoms with Crippen LogP contribution in [-0.2, 0) is 18.3 Å². The Balaban J connectivity index is 0.00000312. The lowest BCUT2D eigenvalue weighted by atomic mass is 10.2. The molecule has 0 saturated carbocycles. The van der Waals surface area contributed by atoms with Crippen molar-refractivity contribution < 1.29 is 4.74 Å². The predicted molar refractivity (Wildman–Crippen MR) is 115 cm³/mol. The summed E-state index contributed by atoms with van der Waals surface area (Å²) in [5.41, 5.74) is 0. The van der Waals surface area contributed by atoms with Crippen LogP contribution >= 0.6 is 35.7 Å². The molecule has 1 unspecified atom stereocenters. The first kappa shape index (κ1) is 22.5. The first-order valence-electron chi connectivity index (χ1n) is 8.77. The van der Waals surface area contributed by atoms with Crippen LogP contribution in [0.5, 0.6) is 0 Å². The maximum Gasteiger partial charge on any atom is 0.191 e. The number of thioether (sulfide) groups is 1. The Morgan fingerprint density at radius 3 is 2.88 bits per heavy atom. The summed E-state index contributed by atoms with van der Waals surface area (Å²) in [6.07, 6.45) is 3.58. The lowest BCUT2D eigenvalue weighted by Crippen LogP contribution is -2.41. The van der Waals surface area contributed by atoms with Crippen molar-refractivity contribution in [1.29, 1.82) is 0 Å². The van der Waals surface area contributed by atoms with Crippen molar-refractivity contribution in [2.75, 3.05) is 32.1 Å². The van der Waals surface area contributed by atoms with Crippen molar-refractivity contribution in [2.45, 2.75) is 44.9 Å². The molecule has 25 heavy (non-hydrogen) atoms. The van der Waals surface area contributed by atoms with Crippen LogP contribution in [0.2, 0.25) is 0 Å². The first-order chi connectivity index (χ1) is 11.7. The average molecular weight is 482 g/mol. The van der Waals surface area contributed by atoms with E-state index in [1.54, 1.807) is 0 Å². The van der Waals surface area contributed by atoms with E-state index >= 15 is 0 Å². The largest absolute Gasteiger partial charge is 0.382 e. The fraction of sp³-hybridized carbons (Fsp3) is 0.812. The molecule has 1 aliphatic rings. The van der Waals surface area contributed by atoms with E-state index in [-0.39, 0.29) is 24.0 Å². The molecular formula is C16H31IN6OS. The van der Waals surface area contributed by atoms with Crippen molar-refractivity contribution in [1.82, 2.24) is 25.4 Å². The van der Waals surface area contributed by atoms with Crippen molar-refractivity contribution in [2.24, 2.45) is 12.0 Å². The molecule has 2 heterocycles. The molecule has 0 aliphatic carbocycles. The van der Waals surface area contributed by atoms with Crippen LogP contribution in [-0.4, -0.2) is 58.0 Å². The van der Waals surface area contributed by atoms with Gasteiger partial charge in [-0.3, -0.25) is 0 Å². The Labute approximate surface area is 172 Å². The van der Waals surface area contributed by atoms with Gasteiger partial charge in [0.05, 0.1) is 0 Å². The fourth-order valence-corrected chi connectivity index (χ4v) is 3.66. The monoisotopic (exact) mass is 482 g/mol. The Hall–Kier alpha value is -0.550. The molecule has 2 N–H and O–H groups in total. The lowest BCUT2D eigenvalue weighted by molar-refractivity contribution is 0.145. The Kier molecular flexibility index (Phi) is 11.5. The Morgan fingerprint density at radius 2 is 2.24 bits per heavy atom. The van der Waals surface area contributed by atoms with Gasteiger partial charge in [-0.15, -0.1) is 34.2 Å². The summed E-state index contributed by atoms with van der Waals surface area (Å²) in [6, 6.07) is 0. The van der Waals surface area contributed by atoms with E-state index in [9.17, 15) is 0 Å². The second-order valence-electron chi connectivity index (χ2n) is 5.88. The van der Waals surface area contributed by atoms with E-state index < -0.39 is 0 Å². The van der Waals surface area contributed by atoms with E-state index in [0.717, 1.165) is 50.3 Å². The van der Waals surface area contributed by atoms with Gasteiger partial charge >= 0.3 is 0 Å². The highest BCUT2D eigenvalue weighted by molar-refractivity contribution is 14.0. The highest BCUT2D eigenvalue weighted by Gasteiger charge is 2.15. The maximum absolute atomic E-state index is 5.38. The van der Waals surface area contributed by atoms with Crippen molar-refractivity contribution >= 4 is 41.7 Å². The van der Waals surface area contributed by atoms with Gasteiger partial charge in [0.2, 0.25) is 0 Å². The van der Waals surface area contributed by atoms with Gasteiger partial charge < -0.3 is 19.9 Å². The first-order valence-corrected chi connectivity index (χ1v) is 9.82. The number of nitrogens with zero attached hydrogens (tertiary/aromatic N) is 4. The van der Waals surface area contributed by atoms with Crippen LogP contribution in [0.15, 0.2) is 4.99 Å². The molecule has 0 aromatic carbocycles. The highest BCUT2D eigenvalue weighted by atomic mass is 127. The number of guanidine groups is 1. The number of nitrogens with one attached hydrogen (secondary N) is 2. The minimum Gasteiger partial charge on any atom is -0.382 e. The maximum atomic E-state index is 5.38. The third-order valence-electron chi connectivity index (χ3n) is 4.04. The molecule has 1 fully saturated rings. The van der Waals surface area contributed by atoms with Crippen LogP contribution in [0.4, 0.5) is 0 Å². The smallest absolute Gasteiger partial charge is 0.191 e. The molecule has 0 bridgehead atoms. The molecule has 9 heteroatoms. The van der Waals surface area contributed by atoms with Crippen LogP contribution in [0, 0.1) is 6.92 Å². The summed E-state index contributed by atoms with van der Waals surface area (Å²) < 4.78 is 7.35. The van der Waals surface area contributed by atoms with Crippen molar-refractivity contribution in [3.63, 3.8) is 0 Å². The zero-order valence-corrected chi connectivity index (χ0v) is 18.6. The average Bonchev–Trinajstić information content (AvgIpc) is 3.21. The van der Waals surface area contributed by atoms with Crippen LogP contribution < -0.4 is 10.6 Å². The van der Waals surface area contributed by atoms with Crippen molar-refractivity contribution in [3.05, 3.63) is 11.6 Å². The zero-order chi connectivity index (χ0) is 17.2. The number of rotatable bonds is 9. The van der Waals surface area contributed by atoms with Gasteiger partial charge in [-0.1, -0.05) is 0 Å². The van der Waals surface area contributed by atoms with Gasteiger partial charge in [-0.25, -0.2) is 4.99 Å². The lowest BCUT2D eigenvalue weighted by Gasteiger charge is -2.15. The third-order valence-corrected chi connectivity index (χ3v) is 5.44. The fourth-order valence-electron chi connectivity index (χ4n) is 2.45. The van der Waals surface area contributed by atoms with Gasteiger partial charge in [0.15, 0.2) is 11.8 Å². The van der Waals surface area contributed by atoms with Gasteiger partial charge in [0, 0.05) is 38.6 Å². The van der Waals surface area contributed by atoms with Gasteiger partial charge in [0.1, 0.15) is 12.4 Å².